The monoisotopic (exact) mass is 953 g/mol. The number of anilines is 1. The number of pyridine rings is 1. The summed E-state index contributed by atoms with van der Waals surface area (Å²) in [5.41, 5.74) is 7.71. The molecule has 2 aliphatic heterocycles. The molecule has 3 aromatic rings. The summed E-state index contributed by atoms with van der Waals surface area (Å²) >= 11 is 0. The Balaban J connectivity index is 1.47. The highest BCUT2D eigenvalue weighted by Crippen LogP contribution is 2.29. The van der Waals surface area contributed by atoms with Crippen molar-refractivity contribution >= 4 is 41.3 Å². The number of aromatic nitrogens is 1. The molecule has 69 heavy (non-hydrogen) atoms. The number of ether oxygens (including phenoxy) is 1. The first-order valence-corrected chi connectivity index (χ1v) is 24.5. The van der Waals surface area contributed by atoms with Crippen LogP contribution >= 0.6 is 0 Å². The number of primary amides is 1. The lowest BCUT2D eigenvalue weighted by Crippen LogP contribution is -2.61. The molecule has 2 aromatic carbocycles. The van der Waals surface area contributed by atoms with Gasteiger partial charge in [0.05, 0.1) is 5.60 Å². The third-order valence-corrected chi connectivity index (χ3v) is 13.9. The van der Waals surface area contributed by atoms with E-state index in [1.807, 2.05) is 73.8 Å². The number of aliphatic hydroxyl groups is 1. The van der Waals surface area contributed by atoms with E-state index in [4.69, 9.17) is 10.5 Å². The molecule has 0 radical (unpaired) electrons. The van der Waals surface area contributed by atoms with E-state index < -0.39 is 89.3 Å². The second kappa shape index (κ2) is 24.1. The summed E-state index contributed by atoms with van der Waals surface area (Å²) in [6, 6.07) is 15.6. The quantitative estimate of drug-likeness (QED) is 0.110. The smallest absolute Gasteiger partial charge is 0.326 e. The van der Waals surface area contributed by atoms with Crippen molar-refractivity contribution in [1.82, 2.24) is 30.3 Å². The standard InChI is InChI=1S/C53H76N8O8/c1-11-35(5)45(69-52(67)46(55-8)53(6,7)68)51(66)59(10)44(33(2)3)48(63)57-40(30-36-17-13-12-14-18-36)49(64)58(9)42(50(65)61-26-16-21-41(61)47(54)62)31-37-19-15-20-38(29-37)39-22-25-56-43(32-39)60-27-23-34(4)24-28-60/h12-15,17-20,22,25,29,32-35,40-42,44-46,55,68H,11,16,21,23-24,26-28,30-31H2,1-10H3,(H2,54,62)(H,57,63)/t35-,40-,41-,42-,44-,45+,46+/m0/s1. The molecule has 7 atom stereocenters. The largest absolute Gasteiger partial charge is 0.451 e. The lowest BCUT2D eigenvalue weighted by Gasteiger charge is -2.37. The lowest BCUT2D eigenvalue weighted by molar-refractivity contribution is -0.170. The van der Waals surface area contributed by atoms with Crippen molar-refractivity contribution in [2.75, 3.05) is 45.7 Å². The number of hydrogen-bond donors (Lipinski definition) is 4. The number of carbonyl (C=O) groups is 6. The Bertz CT molecular complexity index is 2240. The van der Waals surface area contributed by atoms with Crippen LogP contribution in [-0.4, -0.2) is 143 Å². The number of likely N-dealkylation sites (N-methyl/N-ethyl adjacent to an activating group) is 3. The van der Waals surface area contributed by atoms with Crippen LogP contribution in [0.1, 0.15) is 91.7 Å². The van der Waals surface area contributed by atoms with Gasteiger partial charge in [0.1, 0.15) is 36.0 Å². The van der Waals surface area contributed by atoms with Gasteiger partial charge >= 0.3 is 5.97 Å². The Labute approximate surface area is 408 Å². The second-order valence-corrected chi connectivity index (χ2v) is 20.0. The van der Waals surface area contributed by atoms with Crippen molar-refractivity contribution in [3.63, 3.8) is 0 Å². The predicted molar refractivity (Wildman–Crippen MR) is 266 cm³/mol. The molecule has 0 unspecified atom stereocenters. The number of benzene rings is 2. The molecule has 1 aromatic heterocycles. The first kappa shape index (κ1) is 54.1. The number of esters is 1. The van der Waals surface area contributed by atoms with E-state index in [2.05, 4.69) is 33.5 Å². The fourth-order valence-corrected chi connectivity index (χ4v) is 9.56. The van der Waals surface area contributed by atoms with Crippen LogP contribution in [0, 0.1) is 17.8 Å². The van der Waals surface area contributed by atoms with Gasteiger partial charge in [-0.25, -0.2) is 4.98 Å². The average Bonchev–Trinajstić information content (AvgIpc) is 3.82. The zero-order valence-electron chi connectivity index (χ0n) is 42.3. The second-order valence-electron chi connectivity index (χ2n) is 20.0. The van der Waals surface area contributed by atoms with E-state index in [1.165, 1.54) is 49.7 Å². The molecule has 0 bridgehead atoms. The molecule has 16 heteroatoms. The van der Waals surface area contributed by atoms with Crippen LogP contribution in [-0.2, 0) is 46.3 Å². The minimum Gasteiger partial charge on any atom is -0.451 e. The number of hydrogen-bond acceptors (Lipinski definition) is 11. The lowest BCUT2D eigenvalue weighted by atomic mass is 9.95. The van der Waals surface area contributed by atoms with Crippen LogP contribution in [0.4, 0.5) is 5.82 Å². The number of nitrogens with one attached hydrogen (secondary N) is 2. The molecule has 0 saturated carbocycles. The first-order chi connectivity index (χ1) is 32.7. The van der Waals surface area contributed by atoms with Crippen molar-refractivity contribution in [3.8, 4) is 11.1 Å². The van der Waals surface area contributed by atoms with Gasteiger partial charge in [0, 0.05) is 58.7 Å². The number of likely N-dealkylation sites (tertiary alicyclic amines) is 1. The number of nitrogens with two attached hydrogens (primary N) is 1. The van der Waals surface area contributed by atoms with Crippen molar-refractivity contribution in [2.24, 2.45) is 23.5 Å². The maximum Gasteiger partial charge on any atom is 0.326 e. The Hall–Kier alpha value is -5.87. The minimum absolute atomic E-state index is 0.0536. The number of nitrogens with zero attached hydrogens (tertiary/aromatic N) is 5. The summed E-state index contributed by atoms with van der Waals surface area (Å²) in [7, 11) is 4.51. The SMILES string of the molecule is CC[C@H](C)[C@@H](OC(=O)[C@@H](NC)C(C)(C)O)C(=O)N(C)[C@H](C(=O)N[C@@H](Cc1ccccc1)C(=O)N(C)[C@@H](Cc1cccc(-c2ccnc(N3CCC(C)CC3)c2)c1)C(=O)N1CCC[C@H]1C(N)=O)C(C)C. The molecule has 5 N–H and O–H groups in total. The molecule has 5 amide bonds. The zero-order valence-corrected chi connectivity index (χ0v) is 42.3. The molecular weight excluding hydrogens is 877 g/mol. The van der Waals surface area contributed by atoms with Crippen molar-refractivity contribution in [1.29, 1.82) is 0 Å². The van der Waals surface area contributed by atoms with Gasteiger partial charge in [0.25, 0.3) is 5.91 Å². The maximum atomic E-state index is 15.1. The summed E-state index contributed by atoms with van der Waals surface area (Å²) in [4.78, 5) is 96.2. The third-order valence-electron chi connectivity index (χ3n) is 13.9. The highest BCUT2D eigenvalue weighted by molar-refractivity contribution is 5.96. The highest BCUT2D eigenvalue weighted by atomic mass is 16.6. The molecule has 376 valence electrons. The predicted octanol–water partition coefficient (Wildman–Crippen LogP) is 4.36. The Morgan fingerprint density at radius 2 is 1.52 bits per heavy atom. The van der Waals surface area contributed by atoms with Crippen LogP contribution in [0.25, 0.3) is 11.1 Å². The Morgan fingerprint density at radius 3 is 2.13 bits per heavy atom. The third kappa shape index (κ3) is 13.7. The van der Waals surface area contributed by atoms with Gasteiger partial charge in [0.2, 0.25) is 23.6 Å². The molecular formula is C53H76N8O8. The molecule has 0 aliphatic carbocycles. The molecule has 2 fully saturated rings. The van der Waals surface area contributed by atoms with E-state index in [9.17, 15) is 29.1 Å². The fourth-order valence-electron chi connectivity index (χ4n) is 9.56. The molecule has 3 heterocycles. The zero-order chi connectivity index (χ0) is 50.7. The number of piperidine rings is 1. The van der Waals surface area contributed by atoms with Crippen LogP contribution in [0.3, 0.4) is 0 Å². The van der Waals surface area contributed by atoms with E-state index in [0.29, 0.717) is 31.7 Å². The van der Waals surface area contributed by atoms with Gasteiger partial charge in [-0.1, -0.05) is 89.2 Å². The van der Waals surface area contributed by atoms with Crippen molar-refractivity contribution in [2.45, 2.75) is 135 Å². The molecule has 16 nitrogen and oxygen atoms in total. The fraction of sp³-hybridized carbons (Fsp3) is 0.566. The highest BCUT2D eigenvalue weighted by Gasteiger charge is 2.43. The van der Waals surface area contributed by atoms with Crippen LogP contribution < -0.4 is 21.3 Å². The summed E-state index contributed by atoms with van der Waals surface area (Å²) in [5.74, 6) is -3.02. The summed E-state index contributed by atoms with van der Waals surface area (Å²) in [5, 5.41) is 16.4. The van der Waals surface area contributed by atoms with Gasteiger partial charge in [-0.05, 0) is 99.2 Å². The number of amides is 5. The van der Waals surface area contributed by atoms with E-state index >= 15 is 4.79 Å². The van der Waals surface area contributed by atoms with Crippen LogP contribution in [0.15, 0.2) is 72.9 Å². The van der Waals surface area contributed by atoms with Gasteiger partial charge in [-0.3, -0.25) is 28.8 Å². The Kier molecular flexibility index (Phi) is 18.9. The molecule has 5 rings (SSSR count). The van der Waals surface area contributed by atoms with Gasteiger partial charge in [0.15, 0.2) is 6.10 Å². The molecule has 0 spiro atoms. The number of carbonyl (C=O) groups excluding carboxylic acids is 6. The summed E-state index contributed by atoms with van der Waals surface area (Å²) in [6.07, 6.45) is 4.31. The minimum atomic E-state index is -1.50. The van der Waals surface area contributed by atoms with Crippen LogP contribution in [0.2, 0.25) is 0 Å². The van der Waals surface area contributed by atoms with E-state index in [1.54, 1.807) is 20.8 Å². The van der Waals surface area contributed by atoms with Crippen molar-refractivity contribution < 1.29 is 38.6 Å². The first-order valence-electron chi connectivity index (χ1n) is 24.5. The normalized spacial score (nSPS) is 18.1. The molecule has 2 saturated heterocycles. The summed E-state index contributed by atoms with van der Waals surface area (Å²) < 4.78 is 5.82. The van der Waals surface area contributed by atoms with Crippen molar-refractivity contribution in [3.05, 3.63) is 84.1 Å². The maximum absolute atomic E-state index is 15.1. The summed E-state index contributed by atoms with van der Waals surface area (Å²) in [6.45, 7) is 14.5. The van der Waals surface area contributed by atoms with E-state index in [-0.39, 0.29) is 12.8 Å². The Morgan fingerprint density at radius 1 is 0.870 bits per heavy atom. The molecule has 2 aliphatic rings. The topological polar surface area (TPSA) is 208 Å². The van der Waals surface area contributed by atoms with E-state index in [0.717, 1.165) is 54.0 Å². The van der Waals surface area contributed by atoms with Crippen LogP contribution in [0.5, 0.6) is 0 Å². The number of rotatable bonds is 21. The van der Waals surface area contributed by atoms with Gasteiger partial charge in [-0.2, -0.15) is 0 Å². The average molecular weight is 953 g/mol. The van der Waals surface area contributed by atoms with Gasteiger partial charge < -0.3 is 45.8 Å². The van der Waals surface area contributed by atoms with Gasteiger partial charge in [-0.15, -0.1) is 0 Å².